The zero-order valence-corrected chi connectivity index (χ0v) is 21.1. The van der Waals surface area contributed by atoms with Gasteiger partial charge in [0.05, 0.1) is 18.2 Å². The van der Waals surface area contributed by atoms with E-state index in [1.165, 1.54) is 11.3 Å². The second-order valence-electron chi connectivity index (χ2n) is 9.31. The van der Waals surface area contributed by atoms with Crippen LogP contribution < -0.4 is 15.8 Å². The Morgan fingerprint density at radius 2 is 1.97 bits per heavy atom. The summed E-state index contributed by atoms with van der Waals surface area (Å²) in [6.07, 6.45) is 2.79. The van der Waals surface area contributed by atoms with Crippen LogP contribution in [0.3, 0.4) is 0 Å². The smallest absolute Gasteiger partial charge is 0.314 e. The topological polar surface area (TPSA) is 119 Å². The van der Waals surface area contributed by atoms with Crippen LogP contribution in [0.25, 0.3) is 32.1 Å². The molecular weight excluding hydrogens is 488 g/mol. The molecule has 0 bridgehead atoms. The van der Waals surface area contributed by atoms with Gasteiger partial charge in [0, 0.05) is 45.4 Å². The Balaban J connectivity index is 1.37. The summed E-state index contributed by atoms with van der Waals surface area (Å²) in [5, 5.41) is 16.5. The number of benzene rings is 2. The molecular formula is C28H24N4O4S. The van der Waals surface area contributed by atoms with Crippen molar-refractivity contribution in [2.24, 2.45) is 7.05 Å². The minimum atomic E-state index is -0.880. The van der Waals surface area contributed by atoms with Crippen molar-refractivity contribution >= 4 is 55.7 Å². The van der Waals surface area contributed by atoms with E-state index < -0.39 is 11.4 Å². The third-order valence-electron chi connectivity index (χ3n) is 7.24. The highest BCUT2D eigenvalue weighted by Crippen LogP contribution is 2.53. The molecule has 186 valence electrons. The van der Waals surface area contributed by atoms with Crippen LogP contribution in [-0.2, 0) is 17.3 Å². The summed E-state index contributed by atoms with van der Waals surface area (Å²) < 4.78 is 8.33. The van der Waals surface area contributed by atoms with Crippen LogP contribution in [0.15, 0.2) is 60.1 Å². The van der Waals surface area contributed by atoms with E-state index in [4.69, 9.17) is 10.5 Å². The van der Waals surface area contributed by atoms with Crippen LogP contribution in [0, 0.1) is 0 Å². The fourth-order valence-corrected chi connectivity index (χ4v) is 6.20. The molecule has 4 N–H and O–H groups in total. The highest BCUT2D eigenvalue weighted by molar-refractivity contribution is 7.18. The molecule has 1 aliphatic carbocycles. The van der Waals surface area contributed by atoms with Gasteiger partial charge in [-0.1, -0.05) is 24.3 Å². The van der Waals surface area contributed by atoms with Gasteiger partial charge in [-0.05, 0) is 48.1 Å². The Hall–Kier alpha value is -4.37. The Bertz CT molecular complexity index is 1730. The second kappa shape index (κ2) is 8.35. The zero-order valence-electron chi connectivity index (χ0n) is 20.2. The third-order valence-corrected chi connectivity index (χ3v) is 8.26. The third kappa shape index (κ3) is 3.54. The standard InChI is InChI=1S/C28H24N4O4S/c1-32-20-6-4-3-5-16(20)11-21(32)26(33)31-19-8-7-15(12-22(19)36-2)17-14-37-24-18(13-30-25(29)23(17)24)28(9-10-28)27(34)35/h3-8,11-14H,9-10H2,1-2H3,(H2,29,30)(H,31,33)(H,34,35). The Morgan fingerprint density at radius 3 is 2.68 bits per heavy atom. The van der Waals surface area contributed by atoms with Crippen molar-refractivity contribution in [1.29, 1.82) is 0 Å². The molecule has 1 amide bonds. The number of nitrogens with one attached hydrogen (secondary N) is 1. The summed E-state index contributed by atoms with van der Waals surface area (Å²) >= 11 is 1.47. The molecule has 5 aromatic rings. The average molecular weight is 513 g/mol. The second-order valence-corrected chi connectivity index (χ2v) is 10.2. The highest BCUT2D eigenvalue weighted by atomic mass is 32.1. The lowest BCUT2D eigenvalue weighted by Crippen LogP contribution is -2.20. The number of nitrogen functional groups attached to an aromatic ring is 1. The van der Waals surface area contributed by atoms with Gasteiger partial charge in [-0.2, -0.15) is 0 Å². The molecule has 37 heavy (non-hydrogen) atoms. The van der Waals surface area contributed by atoms with E-state index in [0.717, 1.165) is 32.1 Å². The molecule has 1 saturated carbocycles. The summed E-state index contributed by atoms with van der Waals surface area (Å²) in [7, 11) is 3.41. The SMILES string of the molecule is COc1cc(-c2csc3c(C4(C(=O)O)CC4)cnc(N)c23)ccc1NC(=O)c1cc2ccccc2n1C. The Labute approximate surface area is 216 Å². The van der Waals surface area contributed by atoms with Crippen molar-refractivity contribution < 1.29 is 19.4 Å². The van der Waals surface area contributed by atoms with Crippen molar-refractivity contribution in [2.75, 3.05) is 18.2 Å². The fourth-order valence-electron chi connectivity index (χ4n) is 5.00. The molecule has 0 saturated heterocycles. The van der Waals surface area contributed by atoms with Crippen LogP contribution in [0.5, 0.6) is 5.75 Å². The van der Waals surface area contributed by atoms with Crippen LogP contribution >= 0.6 is 11.3 Å². The number of aryl methyl sites for hydroxylation is 1. The number of rotatable bonds is 6. The molecule has 0 unspecified atom stereocenters. The number of hydrogen-bond donors (Lipinski definition) is 3. The molecule has 1 aliphatic rings. The summed E-state index contributed by atoms with van der Waals surface area (Å²) in [4.78, 5) is 29.4. The lowest BCUT2D eigenvalue weighted by atomic mass is 9.95. The van der Waals surface area contributed by atoms with Crippen LogP contribution in [0.2, 0.25) is 0 Å². The van der Waals surface area contributed by atoms with Crippen molar-refractivity contribution in [3.05, 3.63) is 71.4 Å². The van der Waals surface area contributed by atoms with Gasteiger partial charge in [-0.3, -0.25) is 9.59 Å². The summed E-state index contributed by atoms with van der Waals surface area (Å²) in [5.74, 6) is -0.227. The first-order valence-corrected chi connectivity index (χ1v) is 12.7. The van der Waals surface area contributed by atoms with E-state index in [1.807, 2.05) is 59.5 Å². The first kappa shape index (κ1) is 23.1. The van der Waals surface area contributed by atoms with E-state index in [2.05, 4.69) is 10.3 Å². The number of hydrogen-bond acceptors (Lipinski definition) is 6. The molecule has 1 fully saturated rings. The van der Waals surface area contributed by atoms with Gasteiger partial charge in [0.25, 0.3) is 5.91 Å². The van der Waals surface area contributed by atoms with E-state index in [-0.39, 0.29) is 5.91 Å². The number of anilines is 2. The number of thiophene rings is 1. The van der Waals surface area contributed by atoms with Crippen molar-refractivity contribution in [1.82, 2.24) is 9.55 Å². The predicted octanol–water partition coefficient (Wildman–Crippen LogP) is 5.41. The number of para-hydroxylation sites is 1. The molecule has 2 aromatic carbocycles. The predicted molar refractivity (Wildman–Crippen MR) is 145 cm³/mol. The van der Waals surface area contributed by atoms with E-state index in [0.29, 0.717) is 41.4 Å². The monoisotopic (exact) mass is 512 g/mol. The Morgan fingerprint density at radius 1 is 1.19 bits per heavy atom. The molecule has 0 spiro atoms. The largest absolute Gasteiger partial charge is 0.495 e. The van der Waals surface area contributed by atoms with Gasteiger partial charge in [0.15, 0.2) is 0 Å². The Kier molecular flexibility index (Phi) is 5.20. The first-order chi connectivity index (χ1) is 17.8. The summed E-state index contributed by atoms with van der Waals surface area (Å²) in [6.45, 7) is 0. The molecule has 0 aliphatic heterocycles. The number of nitrogens with zero attached hydrogens (tertiary/aromatic N) is 2. The number of carbonyl (C=O) groups excluding carboxylic acids is 1. The van der Waals surface area contributed by atoms with E-state index >= 15 is 0 Å². The summed E-state index contributed by atoms with van der Waals surface area (Å²) in [5.41, 5.74) is 9.84. The molecule has 3 aromatic heterocycles. The maximum Gasteiger partial charge on any atom is 0.314 e. The minimum Gasteiger partial charge on any atom is -0.495 e. The van der Waals surface area contributed by atoms with Crippen molar-refractivity contribution in [2.45, 2.75) is 18.3 Å². The zero-order chi connectivity index (χ0) is 25.9. The minimum absolute atomic E-state index is 0.243. The maximum absolute atomic E-state index is 13.1. The number of carboxylic acid groups (broad SMARTS) is 1. The number of pyridine rings is 1. The van der Waals surface area contributed by atoms with Gasteiger partial charge in [-0.15, -0.1) is 11.3 Å². The van der Waals surface area contributed by atoms with Gasteiger partial charge in [-0.25, -0.2) is 4.98 Å². The van der Waals surface area contributed by atoms with Crippen LogP contribution in [-0.4, -0.2) is 33.6 Å². The number of fused-ring (bicyclic) bond motifs is 2. The fraction of sp³-hybridized carbons (Fsp3) is 0.179. The molecule has 6 rings (SSSR count). The van der Waals surface area contributed by atoms with Gasteiger partial charge >= 0.3 is 5.97 Å². The summed E-state index contributed by atoms with van der Waals surface area (Å²) in [6, 6.07) is 15.2. The highest BCUT2D eigenvalue weighted by Gasteiger charge is 2.53. The number of aliphatic carboxylic acids is 1. The van der Waals surface area contributed by atoms with E-state index in [1.54, 1.807) is 19.4 Å². The molecule has 0 atom stereocenters. The average Bonchev–Trinajstić information content (AvgIpc) is 3.47. The van der Waals surface area contributed by atoms with Crippen molar-refractivity contribution in [3.63, 3.8) is 0 Å². The number of nitrogens with two attached hydrogens (primary N) is 1. The number of carboxylic acids is 1. The van der Waals surface area contributed by atoms with Crippen LogP contribution in [0.1, 0.15) is 28.9 Å². The van der Waals surface area contributed by atoms with E-state index in [9.17, 15) is 14.7 Å². The van der Waals surface area contributed by atoms with Crippen LogP contribution in [0.4, 0.5) is 11.5 Å². The lowest BCUT2D eigenvalue weighted by Gasteiger charge is -2.14. The number of carbonyl (C=O) groups is 2. The van der Waals surface area contributed by atoms with Gasteiger partial charge < -0.3 is 25.5 Å². The van der Waals surface area contributed by atoms with Crippen molar-refractivity contribution in [3.8, 4) is 16.9 Å². The maximum atomic E-state index is 13.1. The molecule has 8 nitrogen and oxygen atoms in total. The lowest BCUT2D eigenvalue weighted by molar-refractivity contribution is -0.140. The van der Waals surface area contributed by atoms with Gasteiger partial charge in [0.2, 0.25) is 0 Å². The molecule has 9 heteroatoms. The number of ether oxygens (including phenoxy) is 1. The number of aromatic nitrogens is 2. The van der Waals surface area contributed by atoms with Gasteiger partial charge in [0.1, 0.15) is 17.3 Å². The quantitative estimate of drug-likeness (QED) is 0.280. The molecule has 3 heterocycles. The number of methoxy groups -OCH3 is 1. The number of amides is 1. The first-order valence-electron chi connectivity index (χ1n) is 11.8. The normalized spacial score (nSPS) is 14.1. The molecule has 0 radical (unpaired) electrons.